The summed E-state index contributed by atoms with van der Waals surface area (Å²) >= 11 is 0. The molecule has 0 amide bonds. The van der Waals surface area contributed by atoms with E-state index in [4.69, 9.17) is 4.74 Å². The Bertz CT molecular complexity index is 443. The van der Waals surface area contributed by atoms with E-state index in [2.05, 4.69) is 21.9 Å². The molecule has 1 atom stereocenters. The average molecular weight is 286 g/mol. The van der Waals surface area contributed by atoms with Crippen molar-refractivity contribution in [1.82, 2.24) is 10.2 Å². The lowest BCUT2D eigenvalue weighted by Crippen LogP contribution is -2.49. The zero-order valence-corrected chi connectivity index (χ0v) is 11.7. The highest BCUT2D eigenvalue weighted by molar-refractivity contribution is 5.43. The van der Waals surface area contributed by atoms with Gasteiger partial charge < -0.3 is 14.8 Å². The second-order valence-corrected chi connectivity index (χ2v) is 4.89. The molecule has 1 aliphatic heterocycles. The molecule has 0 radical (unpaired) electrons. The van der Waals surface area contributed by atoms with Crippen molar-refractivity contribution in [2.45, 2.75) is 26.1 Å². The number of halogens is 2. The number of nitrogens with one attached hydrogen (secondary N) is 1. The molecule has 1 aromatic carbocycles. The van der Waals surface area contributed by atoms with Gasteiger partial charge in [0.05, 0.1) is 7.11 Å². The smallest absolute Gasteiger partial charge is 0.387 e. The first-order chi connectivity index (χ1) is 9.60. The average Bonchev–Trinajstić information content (AvgIpc) is 2.42. The number of hydrogen-bond donors (Lipinski definition) is 1. The maximum absolute atomic E-state index is 12.3. The molecule has 0 aromatic heterocycles. The quantitative estimate of drug-likeness (QED) is 0.898. The highest BCUT2D eigenvalue weighted by Gasteiger charge is 2.19. The van der Waals surface area contributed by atoms with Gasteiger partial charge in [0.15, 0.2) is 11.5 Å². The number of nitrogens with zero attached hydrogens (tertiary/aromatic N) is 1. The molecule has 1 N–H and O–H groups in total. The summed E-state index contributed by atoms with van der Waals surface area (Å²) in [6.07, 6.45) is 0. The largest absolute Gasteiger partial charge is 0.493 e. The summed E-state index contributed by atoms with van der Waals surface area (Å²) in [6, 6.07) is 5.54. The second-order valence-electron chi connectivity index (χ2n) is 4.89. The highest BCUT2D eigenvalue weighted by Crippen LogP contribution is 2.30. The van der Waals surface area contributed by atoms with Gasteiger partial charge in [0, 0.05) is 32.2 Å². The summed E-state index contributed by atoms with van der Waals surface area (Å²) in [5, 5.41) is 3.33. The van der Waals surface area contributed by atoms with E-state index >= 15 is 0 Å². The molecule has 1 saturated heterocycles. The molecule has 4 nitrogen and oxygen atoms in total. The monoisotopic (exact) mass is 286 g/mol. The molecule has 2 rings (SSSR count). The Morgan fingerprint density at radius 2 is 2.20 bits per heavy atom. The van der Waals surface area contributed by atoms with Gasteiger partial charge in [-0.25, -0.2) is 0 Å². The van der Waals surface area contributed by atoms with Crippen molar-refractivity contribution in [3.8, 4) is 11.5 Å². The van der Waals surface area contributed by atoms with Crippen LogP contribution in [0.25, 0.3) is 0 Å². The SMILES string of the molecule is COc1cc(CN2CCNC[C@@H]2C)ccc1OC(F)F. The van der Waals surface area contributed by atoms with Crippen molar-refractivity contribution in [2.75, 3.05) is 26.7 Å². The summed E-state index contributed by atoms with van der Waals surface area (Å²) in [4.78, 5) is 2.35. The molecule has 1 aromatic rings. The van der Waals surface area contributed by atoms with Crippen molar-refractivity contribution in [1.29, 1.82) is 0 Å². The summed E-state index contributed by atoms with van der Waals surface area (Å²) < 4.78 is 34.1. The Morgan fingerprint density at radius 1 is 1.40 bits per heavy atom. The first kappa shape index (κ1) is 15.0. The third kappa shape index (κ3) is 3.80. The number of methoxy groups -OCH3 is 1. The summed E-state index contributed by atoms with van der Waals surface area (Å²) in [5.74, 6) is 0.408. The van der Waals surface area contributed by atoms with E-state index in [0.29, 0.717) is 11.8 Å². The normalized spacial score (nSPS) is 20.1. The van der Waals surface area contributed by atoms with E-state index in [1.54, 1.807) is 12.1 Å². The van der Waals surface area contributed by atoms with Gasteiger partial charge in [-0.2, -0.15) is 8.78 Å². The molecule has 6 heteroatoms. The van der Waals surface area contributed by atoms with Gasteiger partial charge in [-0.3, -0.25) is 4.90 Å². The van der Waals surface area contributed by atoms with E-state index in [0.717, 1.165) is 31.7 Å². The van der Waals surface area contributed by atoms with Gasteiger partial charge in [-0.05, 0) is 24.6 Å². The van der Waals surface area contributed by atoms with Gasteiger partial charge in [0.2, 0.25) is 0 Å². The molecule has 0 spiro atoms. The maximum atomic E-state index is 12.3. The molecular formula is C14H20F2N2O2. The topological polar surface area (TPSA) is 33.7 Å². The minimum absolute atomic E-state index is 0.0691. The maximum Gasteiger partial charge on any atom is 0.387 e. The van der Waals surface area contributed by atoms with Crippen molar-refractivity contribution < 1.29 is 18.3 Å². The van der Waals surface area contributed by atoms with Gasteiger partial charge in [-0.1, -0.05) is 6.07 Å². The molecule has 0 saturated carbocycles. The van der Waals surface area contributed by atoms with E-state index < -0.39 is 6.61 Å². The van der Waals surface area contributed by atoms with Gasteiger partial charge in [0.25, 0.3) is 0 Å². The third-order valence-electron chi connectivity index (χ3n) is 3.47. The lowest BCUT2D eigenvalue weighted by atomic mass is 10.1. The Morgan fingerprint density at radius 3 is 2.85 bits per heavy atom. The molecule has 1 heterocycles. The van der Waals surface area contributed by atoms with Gasteiger partial charge in [-0.15, -0.1) is 0 Å². The predicted octanol–water partition coefficient (Wildman–Crippen LogP) is 2.09. The number of rotatable bonds is 5. The van der Waals surface area contributed by atoms with Crippen LogP contribution in [-0.2, 0) is 6.54 Å². The number of piperazine rings is 1. The fraction of sp³-hybridized carbons (Fsp3) is 0.571. The second kappa shape index (κ2) is 6.85. The molecule has 1 fully saturated rings. The van der Waals surface area contributed by atoms with Crippen LogP contribution >= 0.6 is 0 Å². The standard InChI is InChI=1S/C14H20F2N2O2/c1-10-8-17-5-6-18(10)9-11-3-4-12(20-14(15)16)13(7-11)19-2/h3-4,7,10,14,17H,5-6,8-9H2,1-2H3/t10-/m0/s1. The van der Waals surface area contributed by atoms with Crippen LogP contribution in [-0.4, -0.2) is 44.3 Å². The fourth-order valence-electron chi connectivity index (χ4n) is 2.36. The molecule has 20 heavy (non-hydrogen) atoms. The molecule has 0 unspecified atom stereocenters. The van der Waals surface area contributed by atoms with Crippen LogP contribution < -0.4 is 14.8 Å². The Kier molecular flexibility index (Phi) is 5.14. The number of alkyl halides is 2. The van der Waals surface area contributed by atoms with Crippen molar-refractivity contribution in [3.05, 3.63) is 23.8 Å². The first-order valence-electron chi connectivity index (χ1n) is 6.66. The van der Waals surface area contributed by atoms with Crippen LogP contribution in [0.15, 0.2) is 18.2 Å². The first-order valence-corrected chi connectivity index (χ1v) is 6.66. The summed E-state index contributed by atoms with van der Waals surface area (Å²) in [5.41, 5.74) is 1.03. The van der Waals surface area contributed by atoms with Crippen LogP contribution in [0.5, 0.6) is 11.5 Å². The van der Waals surface area contributed by atoms with Crippen molar-refractivity contribution in [3.63, 3.8) is 0 Å². The number of benzene rings is 1. The molecular weight excluding hydrogens is 266 g/mol. The van der Waals surface area contributed by atoms with Crippen LogP contribution in [0.3, 0.4) is 0 Å². The van der Waals surface area contributed by atoms with E-state index in [-0.39, 0.29) is 5.75 Å². The summed E-state index contributed by atoms with van der Waals surface area (Å²) in [7, 11) is 1.45. The zero-order valence-electron chi connectivity index (χ0n) is 11.7. The minimum Gasteiger partial charge on any atom is -0.493 e. The Hall–Kier alpha value is -1.40. The van der Waals surface area contributed by atoms with Crippen LogP contribution in [0.2, 0.25) is 0 Å². The molecule has 112 valence electrons. The molecule has 0 bridgehead atoms. The van der Waals surface area contributed by atoms with E-state index in [1.807, 2.05) is 0 Å². The van der Waals surface area contributed by atoms with Crippen molar-refractivity contribution in [2.24, 2.45) is 0 Å². The molecule has 0 aliphatic carbocycles. The van der Waals surface area contributed by atoms with Crippen LogP contribution in [0, 0.1) is 0 Å². The molecule has 1 aliphatic rings. The van der Waals surface area contributed by atoms with E-state index in [1.165, 1.54) is 13.2 Å². The fourth-order valence-corrected chi connectivity index (χ4v) is 2.36. The number of ether oxygens (including phenoxy) is 2. The lowest BCUT2D eigenvalue weighted by Gasteiger charge is -2.34. The third-order valence-corrected chi connectivity index (χ3v) is 3.47. The van der Waals surface area contributed by atoms with E-state index in [9.17, 15) is 8.78 Å². The predicted molar refractivity (Wildman–Crippen MR) is 72.4 cm³/mol. The highest BCUT2D eigenvalue weighted by atomic mass is 19.3. The lowest BCUT2D eigenvalue weighted by molar-refractivity contribution is -0.0512. The van der Waals surface area contributed by atoms with Gasteiger partial charge >= 0.3 is 6.61 Å². The van der Waals surface area contributed by atoms with Crippen molar-refractivity contribution >= 4 is 0 Å². The minimum atomic E-state index is -2.84. The Labute approximate surface area is 117 Å². The number of hydrogen-bond acceptors (Lipinski definition) is 4. The Balaban J connectivity index is 2.08. The van der Waals surface area contributed by atoms with Gasteiger partial charge in [0.1, 0.15) is 0 Å². The summed E-state index contributed by atoms with van der Waals surface area (Å²) in [6.45, 7) is 2.99. The zero-order chi connectivity index (χ0) is 14.5. The van der Waals surface area contributed by atoms with Crippen LogP contribution in [0.4, 0.5) is 8.78 Å². The van der Waals surface area contributed by atoms with Crippen LogP contribution in [0.1, 0.15) is 12.5 Å².